The first-order chi connectivity index (χ1) is 10.1. The number of nitrogens with zero attached hydrogens (tertiary/aromatic N) is 2. The molecule has 6 heteroatoms. The van der Waals surface area contributed by atoms with Crippen molar-refractivity contribution in [2.24, 2.45) is 5.84 Å². The Morgan fingerprint density at radius 2 is 2.33 bits per heavy atom. The number of hydrazine groups is 1. The zero-order chi connectivity index (χ0) is 15.0. The van der Waals surface area contributed by atoms with E-state index in [1.54, 1.807) is 0 Å². The van der Waals surface area contributed by atoms with Gasteiger partial charge in [-0.15, -0.1) is 11.3 Å². The molecule has 0 spiro atoms. The number of halogens is 1. The zero-order valence-electron chi connectivity index (χ0n) is 12.3. The van der Waals surface area contributed by atoms with Gasteiger partial charge in [-0.2, -0.15) is 5.10 Å². The molecule has 1 aliphatic carbocycles. The van der Waals surface area contributed by atoms with E-state index in [1.807, 2.05) is 17.5 Å². The summed E-state index contributed by atoms with van der Waals surface area (Å²) in [5.41, 5.74) is 5.66. The lowest BCUT2D eigenvalue weighted by molar-refractivity contribution is 0.372. The van der Waals surface area contributed by atoms with Crippen LogP contribution < -0.4 is 11.3 Å². The lowest BCUT2D eigenvalue weighted by Gasteiger charge is -2.31. The van der Waals surface area contributed by atoms with E-state index < -0.39 is 0 Å². The van der Waals surface area contributed by atoms with Gasteiger partial charge in [-0.05, 0) is 66.0 Å². The predicted octanol–water partition coefficient (Wildman–Crippen LogP) is 3.91. The number of hydrogen-bond acceptors (Lipinski definition) is 4. The van der Waals surface area contributed by atoms with Crippen molar-refractivity contribution in [2.75, 3.05) is 0 Å². The molecule has 2 aromatic heterocycles. The summed E-state index contributed by atoms with van der Waals surface area (Å²) in [5.74, 6) is 6.36. The maximum atomic E-state index is 5.95. The van der Waals surface area contributed by atoms with Crippen molar-refractivity contribution in [3.05, 3.63) is 38.3 Å². The van der Waals surface area contributed by atoms with Crippen molar-refractivity contribution < 1.29 is 0 Å². The first-order valence-electron chi connectivity index (χ1n) is 7.38. The first kappa shape index (κ1) is 15.2. The summed E-state index contributed by atoms with van der Waals surface area (Å²) < 4.78 is 3.09. The van der Waals surface area contributed by atoms with E-state index in [9.17, 15) is 0 Å². The Hall–Kier alpha value is -0.690. The van der Waals surface area contributed by atoms with Crippen molar-refractivity contribution in [1.82, 2.24) is 15.2 Å². The summed E-state index contributed by atoms with van der Waals surface area (Å²) in [6.45, 7) is 4.29. The number of aryl methyl sites for hydroxylation is 1. The van der Waals surface area contributed by atoms with Gasteiger partial charge in [-0.1, -0.05) is 0 Å². The van der Waals surface area contributed by atoms with Crippen LogP contribution in [0.2, 0.25) is 0 Å². The van der Waals surface area contributed by atoms with E-state index in [2.05, 4.69) is 56.4 Å². The van der Waals surface area contributed by atoms with Crippen LogP contribution in [0.3, 0.4) is 0 Å². The molecule has 0 amide bonds. The molecule has 2 aromatic rings. The minimum Gasteiger partial charge on any atom is -0.271 e. The number of nitrogens with two attached hydrogens (primary N) is 1. The number of rotatable bonds is 4. The average molecular weight is 369 g/mol. The van der Waals surface area contributed by atoms with Gasteiger partial charge in [0, 0.05) is 16.8 Å². The molecule has 2 atom stereocenters. The number of fused-ring (bicyclic) bond motifs is 1. The van der Waals surface area contributed by atoms with Gasteiger partial charge >= 0.3 is 0 Å². The van der Waals surface area contributed by atoms with Crippen molar-refractivity contribution >= 4 is 27.3 Å². The molecule has 3 rings (SSSR count). The summed E-state index contributed by atoms with van der Waals surface area (Å²) in [4.78, 5) is 1.51. The van der Waals surface area contributed by atoms with E-state index in [1.165, 1.54) is 23.3 Å². The highest BCUT2D eigenvalue weighted by molar-refractivity contribution is 9.10. The second-order valence-corrected chi connectivity index (χ2v) is 7.71. The molecule has 21 heavy (non-hydrogen) atoms. The summed E-state index contributed by atoms with van der Waals surface area (Å²) in [7, 11) is 0. The van der Waals surface area contributed by atoms with Crippen LogP contribution in [-0.4, -0.2) is 9.78 Å². The molecule has 0 saturated carbocycles. The van der Waals surface area contributed by atoms with Crippen molar-refractivity contribution in [3.8, 4) is 0 Å². The average Bonchev–Trinajstić information content (AvgIpc) is 3.07. The first-order valence-corrected chi connectivity index (χ1v) is 9.06. The minimum absolute atomic E-state index is 0.0814. The third-order valence-corrected chi connectivity index (χ3v) is 5.86. The molecule has 2 unspecified atom stereocenters. The van der Waals surface area contributed by atoms with Crippen LogP contribution in [0.25, 0.3) is 0 Å². The molecule has 3 N–H and O–H groups in total. The lowest BCUT2D eigenvalue weighted by atomic mass is 9.81. The second-order valence-electron chi connectivity index (χ2n) is 5.86. The van der Waals surface area contributed by atoms with Gasteiger partial charge in [0.15, 0.2) is 0 Å². The molecule has 0 bridgehead atoms. The fourth-order valence-electron chi connectivity index (χ4n) is 3.31. The molecule has 0 saturated heterocycles. The van der Waals surface area contributed by atoms with Crippen LogP contribution in [0.15, 0.2) is 22.1 Å². The molecule has 114 valence electrons. The predicted molar refractivity (Wildman–Crippen MR) is 90.4 cm³/mol. The third-order valence-electron chi connectivity index (χ3n) is 4.25. The Morgan fingerprint density at radius 1 is 1.52 bits per heavy atom. The Balaban J connectivity index is 2.03. The van der Waals surface area contributed by atoms with Crippen molar-refractivity contribution in [3.63, 3.8) is 0 Å². The van der Waals surface area contributed by atoms with Crippen LogP contribution >= 0.6 is 27.3 Å². The van der Waals surface area contributed by atoms with Crippen LogP contribution in [0.4, 0.5) is 0 Å². The lowest BCUT2D eigenvalue weighted by Crippen LogP contribution is -2.35. The van der Waals surface area contributed by atoms with E-state index >= 15 is 0 Å². The molecule has 1 aliphatic rings. The van der Waals surface area contributed by atoms with Gasteiger partial charge in [-0.3, -0.25) is 16.0 Å². The maximum absolute atomic E-state index is 5.95. The smallest absolute Gasteiger partial charge is 0.0718 e. The summed E-state index contributed by atoms with van der Waals surface area (Å²) in [6.07, 6.45) is 5.46. The Bertz CT molecular complexity index is 619. The van der Waals surface area contributed by atoms with E-state index in [4.69, 9.17) is 5.84 Å². The molecule has 4 nitrogen and oxygen atoms in total. The molecule has 0 radical (unpaired) electrons. The van der Waals surface area contributed by atoms with Crippen LogP contribution in [-0.2, 0) is 6.42 Å². The molecule has 0 fully saturated rings. The minimum atomic E-state index is 0.0814. The zero-order valence-corrected chi connectivity index (χ0v) is 14.7. The maximum Gasteiger partial charge on any atom is 0.0718 e. The highest BCUT2D eigenvalue weighted by Gasteiger charge is 2.32. The number of thiophene rings is 1. The molecule has 0 aromatic carbocycles. The van der Waals surface area contributed by atoms with Gasteiger partial charge in [0.05, 0.1) is 22.4 Å². The highest BCUT2D eigenvalue weighted by atomic mass is 79.9. The monoisotopic (exact) mass is 368 g/mol. The van der Waals surface area contributed by atoms with E-state index in [0.717, 1.165) is 16.6 Å². The van der Waals surface area contributed by atoms with Crippen molar-refractivity contribution in [1.29, 1.82) is 0 Å². The normalized spacial score (nSPS) is 19.8. The Morgan fingerprint density at radius 3 is 3.05 bits per heavy atom. The molecular formula is C15H21BrN4S. The van der Waals surface area contributed by atoms with Gasteiger partial charge in [0.1, 0.15) is 0 Å². The summed E-state index contributed by atoms with van der Waals surface area (Å²) in [6, 6.07) is 2.66. The number of nitrogens with one attached hydrogen (secondary N) is 1. The largest absolute Gasteiger partial charge is 0.271 e. The van der Waals surface area contributed by atoms with Gasteiger partial charge in [-0.25, -0.2) is 0 Å². The van der Waals surface area contributed by atoms with Gasteiger partial charge < -0.3 is 0 Å². The second kappa shape index (κ2) is 6.20. The van der Waals surface area contributed by atoms with Crippen LogP contribution in [0.1, 0.15) is 60.8 Å². The summed E-state index contributed by atoms with van der Waals surface area (Å²) >= 11 is 5.51. The number of hydrogen-bond donors (Lipinski definition) is 2. The molecule has 0 aliphatic heterocycles. The Labute approximate surface area is 137 Å². The van der Waals surface area contributed by atoms with Crippen molar-refractivity contribution in [2.45, 2.75) is 51.1 Å². The van der Waals surface area contributed by atoms with Crippen LogP contribution in [0.5, 0.6) is 0 Å². The van der Waals surface area contributed by atoms with E-state index in [-0.39, 0.29) is 6.04 Å². The van der Waals surface area contributed by atoms with Crippen LogP contribution in [0, 0.1) is 0 Å². The fraction of sp³-hybridized carbons (Fsp3) is 0.533. The topological polar surface area (TPSA) is 55.9 Å². The van der Waals surface area contributed by atoms with Gasteiger partial charge in [0.2, 0.25) is 0 Å². The third kappa shape index (κ3) is 2.70. The van der Waals surface area contributed by atoms with Gasteiger partial charge in [0.25, 0.3) is 0 Å². The highest BCUT2D eigenvalue weighted by Crippen LogP contribution is 2.43. The SMILES string of the molecule is CC(C)n1ncc(Br)c1C(NN)C1CCCc2sccc21. The quantitative estimate of drug-likeness (QED) is 0.635. The summed E-state index contributed by atoms with van der Waals surface area (Å²) in [5, 5.41) is 6.70. The standard InChI is InChI=1S/C15H21BrN4S/c1-9(2)20-15(12(16)8-18-20)14(19-17)11-4-3-5-13-10(11)6-7-21-13/h6-9,11,14,19H,3-5,17H2,1-2H3. The Kier molecular flexibility index (Phi) is 4.49. The fourth-order valence-corrected chi connectivity index (χ4v) is 4.82. The van der Waals surface area contributed by atoms with E-state index in [0.29, 0.717) is 12.0 Å². The molecular weight excluding hydrogens is 348 g/mol. The molecule has 2 heterocycles. The number of aromatic nitrogens is 2.